The third-order valence-electron chi connectivity index (χ3n) is 11.6. The van der Waals surface area contributed by atoms with E-state index in [0.717, 1.165) is 27.6 Å². The second-order valence-electron chi connectivity index (χ2n) is 17.0. The summed E-state index contributed by atoms with van der Waals surface area (Å²) >= 11 is 0. The molecule has 72 heavy (non-hydrogen) atoms. The molecular formula is C54H57N9O9. The number of imidazole rings is 1. The zero-order valence-electron chi connectivity index (χ0n) is 39.5. The smallest absolute Gasteiger partial charge is 0.408 e. The van der Waals surface area contributed by atoms with Gasteiger partial charge in [0.2, 0.25) is 29.5 Å². The molecule has 5 atom stereocenters. The maximum Gasteiger partial charge on any atom is 0.408 e. The average molecular weight is 976 g/mol. The number of fused-ring (bicyclic) bond motifs is 1. The molecule has 0 aliphatic carbocycles. The summed E-state index contributed by atoms with van der Waals surface area (Å²) in [5.41, 5.74) is 10.6. The van der Waals surface area contributed by atoms with Crippen molar-refractivity contribution in [1.29, 1.82) is 0 Å². The van der Waals surface area contributed by atoms with Crippen LogP contribution in [0.5, 0.6) is 5.75 Å². The van der Waals surface area contributed by atoms with Gasteiger partial charge in [-0.15, -0.1) is 0 Å². The van der Waals surface area contributed by atoms with Gasteiger partial charge in [0.15, 0.2) is 0 Å². The molecule has 0 fully saturated rings. The lowest BCUT2D eigenvalue weighted by atomic mass is 10.0. The van der Waals surface area contributed by atoms with Crippen LogP contribution in [0.4, 0.5) is 4.79 Å². The number of alkyl carbamates (subject to hydrolysis) is 1. The number of benzene rings is 5. The number of hydrogen-bond donors (Lipinski definition) is 8. The Kier molecular flexibility index (Phi) is 18.3. The molecule has 0 saturated heterocycles. The number of H-pyrrole nitrogens is 2. The predicted molar refractivity (Wildman–Crippen MR) is 267 cm³/mol. The van der Waals surface area contributed by atoms with Crippen molar-refractivity contribution in [2.24, 2.45) is 5.73 Å². The second-order valence-corrected chi connectivity index (χ2v) is 17.0. The van der Waals surface area contributed by atoms with Crippen LogP contribution in [-0.2, 0) is 72.5 Å². The number of rotatable bonds is 25. The summed E-state index contributed by atoms with van der Waals surface area (Å²) in [6.07, 6.45) is 3.63. The number of carbonyl (C=O) groups excluding carboxylic acids is 6. The van der Waals surface area contributed by atoms with Crippen molar-refractivity contribution in [1.82, 2.24) is 41.5 Å². The van der Waals surface area contributed by atoms with Crippen LogP contribution in [0.3, 0.4) is 0 Å². The normalized spacial score (nSPS) is 13.1. The Morgan fingerprint density at radius 1 is 0.556 bits per heavy atom. The highest BCUT2D eigenvalue weighted by Gasteiger charge is 2.33. The highest BCUT2D eigenvalue weighted by Crippen LogP contribution is 2.20. The van der Waals surface area contributed by atoms with Gasteiger partial charge < -0.3 is 56.5 Å². The molecule has 0 bridgehead atoms. The number of amides is 6. The number of aromatic nitrogens is 3. The van der Waals surface area contributed by atoms with Crippen molar-refractivity contribution in [3.05, 3.63) is 192 Å². The summed E-state index contributed by atoms with van der Waals surface area (Å²) in [6.45, 7) is 1.39. The fraction of sp³-hybridized carbons (Fsp3) is 0.241. The number of nitrogens with zero attached hydrogens (tertiary/aromatic N) is 1. The third-order valence-corrected chi connectivity index (χ3v) is 11.6. The Labute approximate surface area is 415 Å². The number of hydrogen-bond acceptors (Lipinski definition) is 10. The Morgan fingerprint density at radius 2 is 1.10 bits per heavy atom. The molecule has 18 nitrogen and oxygen atoms in total. The molecule has 372 valence electrons. The fourth-order valence-electron chi connectivity index (χ4n) is 7.62. The number of carbonyl (C=O) groups is 6. The minimum absolute atomic E-state index is 0.0130. The van der Waals surface area contributed by atoms with Gasteiger partial charge in [0.25, 0.3) is 0 Å². The van der Waals surface area contributed by atoms with Crippen molar-refractivity contribution >= 4 is 46.5 Å². The monoisotopic (exact) mass is 975 g/mol. The minimum atomic E-state index is -1.44. The number of ether oxygens (including phenoxy) is 3. The lowest BCUT2D eigenvalue weighted by Gasteiger charge is -2.27. The molecule has 18 heteroatoms. The van der Waals surface area contributed by atoms with Crippen LogP contribution in [0, 0.1) is 0 Å². The van der Waals surface area contributed by atoms with Crippen LogP contribution >= 0.6 is 0 Å². The van der Waals surface area contributed by atoms with E-state index in [0.29, 0.717) is 29.2 Å². The van der Waals surface area contributed by atoms with Crippen LogP contribution in [0.25, 0.3) is 10.9 Å². The Morgan fingerprint density at radius 3 is 1.72 bits per heavy atom. The van der Waals surface area contributed by atoms with Gasteiger partial charge >= 0.3 is 6.09 Å². The van der Waals surface area contributed by atoms with Crippen molar-refractivity contribution in [3.8, 4) is 5.75 Å². The number of primary amides is 1. The quantitative estimate of drug-likeness (QED) is 0.0399. The zero-order valence-corrected chi connectivity index (χ0v) is 39.5. The van der Waals surface area contributed by atoms with Gasteiger partial charge in [-0.2, -0.15) is 0 Å². The molecule has 0 spiro atoms. The Bertz CT molecular complexity index is 2860. The van der Waals surface area contributed by atoms with E-state index in [1.165, 1.54) is 19.4 Å². The number of nitrogens with two attached hydrogens (primary N) is 1. The summed E-state index contributed by atoms with van der Waals surface area (Å²) < 4.78 is 17.5. The van der Waals surface area contributed by atoms with Gasteiger partial charge in [0.1, 0.15) is 49.2 Å². The molecule has 6 amide bonds. The van der Waals surface area contributed by atoms with Crippen LogP contribution < -0.4 is 37.1 Å². The summed E-state index contributed by atoms with van der Waals surface area (Å²) in [5, 5.41) is 14.4. The molecular weight excluding hydrogens is 919 g/mol. The minimum Gasteiger partial charge on any atom is -0.489 e. The maximum absolute atomic E-state index is 14.8. The van der Waals surface area contributed by atoms with Gasteiger partial charge in [-0.3, -0.25) is 24.0 Å². The van der Waals surface area contributed by atoms with E-state index in [1.54, 1.807) is 54.7 Å². The topological polar surface area (TPSA) is 261 Å². The molecule has 7 rings (SSSR count). The molecule has 2 heterocycles. The van der Waals surface area contributed by atoms with E-state index in [-0.39, 0.29) is 39.1 Å². The molecule has 9 N–H and O–H groups in total. The van der Waals surface area contributed by atoms with Gasteiger partial charge in [-0.1, -0.05) is 121 Å². The molecule has 2 aromatic heterocycles. The fourth-order valence-corrected chi connectivity index (χ4v) is 7.62. The first-order valence-corrected chi connectivity index (χ1v) is 23.3. The summed E-state index contributed by atoms with van der Waals surface area (Å²) in [4.78, 5) is 93.1. The second kappa shape index (κ2) is 25.7. The van der Waals surface area contributed by atoms with Crippen LogP contribution in [0.1, 0.15) is 40.4 Å². The molecule has 0 aliphatic rings. The molecule has 0 saturated carbocycles. The SMILES string of the molecule is C[C@@H](NC(=O)[C@H](Cc1c[nH]c2ccccc12)NC(=O)[C@H](COCc1ccccc1)NC(=O)[C@H](Cc1ccc(OCc2ccccc2)cc1)NC(=O)[C@@H](Cc1cnc[nH]1)NC(=O)OCc1ccccc1)C(N)=O. The van der Waals surface area contributed by atoms with Crippen LogP contribution in [-0.4, -0.2) is 87.4 Å². The molecule has 5 aromatic carbocycles. The molecule has 0 radical (unpaired) electrons. The first-order chi connectivity index (χ1) is 35.0. The van der Waals surface area contributed by atoms with Gasteiger partial charge in [0, 0.05) is 48.3 Å². The number of para-hydroxylation sites is 1. The lowest BCUT2D eigenvalue weighted by Crippen LogP contribution is -2.60. The van der Waals surface area contributed by atoms with Crippen LogP contribution in [0.2, 0.25) is 0 Å². The summed E-state index contributed by atoms with van der Waals surface area (Å²) in [6, 6.07) is 35.9. The molecule has 0 unspecified atom stereocenters. The van der Waals surface area contributed by atoms with Crippen LogP contribution in [0.15, 0.2) is 158 Å². The third kappa shape index (κ3) is 15.4. The Hall–Kier alpha value is -8.77. The Balaban J connectivity index is 1.15. The average Bonchev–Trinajstić information content (AvgIpc) is 4.08. The zero-order chi connectivity index (χ0) is 50.7. The highest BCUT2D eigenvalue weighted by atomic mass is 16.5. The van der Waals surface area contributed by atoms with Crippen molar-refractivity contribution in [2.75, 3.05) is 6.61 Å². The first-order valence-electron chi connectivity index (χ1n) is 23.3. The van der Waals surface area contributed by atoms with E-state index in [4.69, 9.17) is 19.9 Å². The lowest BCUT2D eigenvalue weighted by molar-refractivity contribution is -0.135. The van der Waals surface area contributed by atoms with Gasteiger partial charge in [0.05, 0.1) is 19.5 Å². The number of nitrogens with one attached hydrogen (secondary N) is 7. The first kappa shape index (κ1) is 51.1. The largest absolute Gasteiger partial charge is 0.489 e. The molecule has 0 aliphatic heterocycles. The predicted octanol–water partition coefficient (Wildman–Crippen LogP) is 4.45. The highest BCUT2D eigenvalue weighted by molar-refractivity contribution is 5.97. The van der Waals surface area contributed by atoms with E-state index >= 15 is 0 Å². The van der Waals surface area contributed by atoms with E-state index in [1.807, 2.05) is 91.0 Å². The summed E-state index contributed by atoms with van der Waals surface area (Å²) in [7, 11) is 0. The maximum atomic E-state index is 14.8. The van der Waals surface area contributed by atoms with Crippen molar-refractivity contribution < 1.29 is 43.0 Å². The van der Waals surface area contributed by atoms with E-state index in [9.17, 15) is 28.8 Å². The molecule has 7 aromatic rings. The number of aromatic amines is 2. The van der Waals surface area contributed by atoms with E-state index < -0.39 is 65.8 Å². The van der Waals surface area contributed by atoms with Crippen molar-refractivity contribution in [2.45, 2.75) is 76.2 Å². The van der Waals surface area contributed by atoms with Crippen molar-refractivity contribution in [3.63, 3.8) is 0 Å². The summed E-state index contributed by atoms with van der Waals surface area (Å²) in [5.74, 6) is -3.25. The standard InChI is InChI=1S/C54H57N9O9/c1-35(49(55)64)59-50(65)46(26-40-28-57-44-20-12-11-19-43(40)44)61-53(68)48(33-70-30-37-13-5-2-6-14-37)62-51(66)45(25-36-21-23-42(24-22-36)71-31-38-15-7-3-8-16-38)60-52(67)47(27-41-29-56-34-58-41)63-54(69)72-32-39-17-9-4-10-18-39/h2-24,28-29,34-35,45-48,57H,25-27,30-33H2,1H3,(H2,55,64)(H,56,58)(H,59,65)(H,60,67)(H,61,68)(H,62,66)(H,63,69)/t35-,45+,46+,47-,48+/m1/s1. The van der Waals surface area contributed by atoms with Gasteiger partial charge in [-0.05, 0) is 52.9 Å². The van der Waals surface area contributed by atoms with Gasteiger partial charge in [-0.25, -0.2) is 9.78 Å². The van der Waals surface area contributed by atoms with E-state index in [2.05, 4.69) is 41.5 Å².